The van der Waals surface area contributed by atoms with Crippen molar-refractivity contribution in [1.29, 1.82) is 0 Å². The van der Waals surface area contributed by atoms with Crippen molar-refractivity contribution in [2.24, 2.45) is 7.05 Å². The van der Waals surface area contributed by atoms with Gasteiger partial charge in [0.15, 0.2) is 0 Å². The van der Waals surface area contributed by atoms with Gasteiger partial charge in [-0.2, -0.15) is 5.10 Å². The van der Waals surface area contributed by atoms with Crippen LogP contribution in [0.4, 0.5) is 11.5 Å². The van der Waals surface area contributed by atoms with Gasteiger partial charge in [-0.15, -0.1) is 11.3 Å². The minimum absolute atomic E-state index is 0.00120. The predicted octanol–water partition coefficient (Wildman–Crippen LogP) is 3.08. The third kappa shape index (κ3) is 3.21. The summed E-state index contributed by atoms with van der Waals surface area (Å²) in [5.74, 6) is 0.427. The Hall–Kier alpha value is -1.96. The molecule has 7 nitrogen and oxygen atoms in total. The number of rotatable bonds is 6. The van der Waals surface area contributed by atoms with Crippen LogP contribution in [0.2, 0.25) is 0 Å². The van der Waals surface area contributed by atoms with Crippen molar-refractivity contribution in [3.63, 3.8) is 0 Å². The van der Waals surface area contributed by atoms with Gasteiger partial charge in [-0.25, -0.2) is 9.67 Å². The summed E-state index contributed by atoms with van der Waals surface area (Å²) in [7, 11) is 1.71. The highest BCUT2D eigenvalue weighted by atomic mass is 32.1. The molecule has 0 amide bonds. The Morgan fingerprint density at radius 1 is 1.52 bits per heavy atom. The summed E-state index contributed by atoms with van der Waals surface area (Å²) in [5.41, 5.74) is 0.554. The highest BCUT2D eigenvalue weighted by Gasteiger charge is 2.28. The maximum absolute atomic E-state index is 11.3. The van der Waals surface area contributed by atoms with Gasteiger partial charge >= 0.3 is 5.69 Å². The second-order valence-electron chi connectivity index (χ2n) is 5.05. The molecule has 0 saturated carbocycles. The SMILES string of the molecule is CCc1cnc(CNc2c([N+](=O)[O-])c(C(C)C)nn2C)s1. The molecule has 0 aliphatic carbocycles. The molecule has 0 aliphatic heterocycles. The molecule has 2 heterocycles. The minimum atomic E-state index is -0.371. The molecule has 0 fully saturated rings. The Balaban J connectivity index is 2.24. The first kappa shape index (κ1) is 15.4. The second-order valence-corrected chi connectivity index (χ2v) is 6.25. The Morgan fingerprint density at radius 3 is 2.76 bits per heavy atom. The molecular weight excluding hydrogens is 290 g/mol. The topological polar surface area (TPSA) is 85.9 Å². The zero-order valence-corrected chi connectivity index (χ0v) is 13.4. The van der Waals surface area contributed by atoms with Gasteiger partial charge in [0.1, 0.15) is 10.7 Å². The Morgan fingerprint density at radius 2 is 2.24 bits per heavy atom. The van der Waals surface area contributed by atoms with Crippen molar-refractivity contribution in [3.8, 4) is 0 Å². The summed E-state index contributed by atoms with van der Waals surface area (Å²) < 4.78 is 1.53. The Labute approximate surface area is 127 Å². The average Bonchev–Trinajstić information content (AvgIpc) is 3.00. The molecule has 0 spiro atoms. The van der Waals surface area contributed by atoms with Gasteiger partial charge in [0.25, 0.3) is 0 Å². The Kier molecular flexibility index (Phi) is 4.56. The minimum Gasteiger partial charge on any atom is -0.358 e. The Bertz CT molecular complexity index is 647. The number of hydrogen-bond donors (Lipinski definition) is 1. The number of aromatic nitrogens is 3. The standard InChI is InChI=1S/C13H19N5O2S/c1-5-9-6-14-10(21-9)7-15-13-12(18(19)20)11(8(2)3)16-17(13)4/h6,8,15H,5,7H2,1-4H3. The summed E-state index contributed by atoms with van der Waals surface area (Å²) in [6, 6.07) is 0. The van der Waals surface area contributed by atoms with Crippen LogP contribution in [-0.4, -0.2) is 19.7 Å². The van der Waals surface area contributed by atoms with Crippen LogP contribution in [0.25, 0.3) is 0 Å². The van der Waals surface area contributed by atoms with E-state index in [9.17, 15) is 10.1 Å². The van der Waals surface area contributed by atoms with Crippen LogP contribution < -0.4 is 5.32 Å². The van der Waals surface area contributed by atoms with Gasteiger partial charge in [-0.1, -0.05) is 20.8 Å². The van der Waals surface area contributed by atoms with E-state index in [4.69, 9.17) is 0 Å². The van der Waals surface area contributed by atoms with Crippen molar-refractivity contribution in [3.05, 3.63) is 31.9 Å². The monoisotopic (exact) mass is 309 g/mol. The summed E-state index contributed by atoms with van der Waals surface area (Å²) >= 11 is 1.61. The summed E-state index contributed by atoms with van der Waals surface area (Å²) in [6.45, 7) is 6.33. The van der Waals surface area contributed by atoms with Gasteiger partial charge in [0, 0.05) is 24.0 Å². The molecule has 114 valence electrons. The van der Waals surface area contributed by atoms with E-state index in [0.717, 1.165) is 11.4 Å². The molecule has 2 aromatic heterocycles. The lowest BCUT2D eigenvalue weighted by Gasteiger charge is -2.04. The molecule has 0 aromatic carbocycles. The smallest absolute Gasteiger partial charge is 0.334 e. The lowest BCUT2D eigenvalue weighted by molar-refractivity contribution is -0.384. The van der Waals surface area contributed by atoms with Crippen molar-refractivity contribution >= 4 is 22.8 Å². The summed E-state index contributed by atoms with van der Waals surface area (Å²) in [6.07, 6.45) is 2.79. The molecule has 0 radical (unpaired) electrons. The molecule has 21 heavy (non-hydrogen) atoms. The number of nitrogens with one attached hydrogen (secondary N) is 1. The van der Waals surface area contributed by atoms with E-state index < -0.39 is 0 Å². The van der Waals surface area contributed by atoms with Gasteiger partial charge in [0.2, 0.25) is 5.82 Å². The van der Waals surface area contributed by atoms with E-state index in [1.54, 1.807) is 18.4 Å². The van der Waals surface area contributed by atoms with Gasteiger partial charge in [-0.05, 0) is 6.42 Å². The number of aryl methyl sites for hydroxylation is 2. The van der Waals surface area contributed by atoms with Gasteiger partial charge in [0.05, 0.1) is 11.5 Å². The maximum atomic E-state index is 11.3. The molecular formula is C13H19N5O2S. The fraction of sp³-hybridized carbons (Fsp3) is 0.538. The molecule has 0 atom stereocenters. The first-order valence-corrected chi connectivity index (χ1v) is 7.64. The van der Waals surface area contributed by atoms with Crippen molar-refractivity contribution < 1.29 is 4.92 Å². The maximum Gasteiger partial charge on any atom is 0.334 e. The normalized spacial score (nSPS) is 11.1. The number of thiazole rings is 1. The quantitative estimate of drug-likeness (QED) is 0.654. The molecule has 0 bridgehead atoms. The lowest BCUT2D eigenvalue weighted by Crippen LogP contribution is -2.06. The highest BCUT2D eigenvalue weighted by Crippen LogP contribution is 2.33. The van der Waals surface area contributed by atoms with E-state index in [0.29, 0.717) is 18.1 Å². The fourth-order valence-corrected chi connectivity index (χ4v) is 2.86. The van der Waals surface area contributed by atoms with Crippen LogP contribution in [-0.2, 0) is 20.0 Å². The second kappa shape index (κ2) is 6.21. The van der Waals surface area contributed by atoms with Crippen molar-refractivity contribution in [1.82, 2.24) is 14.8 Å². The predicted molar refractivity (Wildman–Crippen MR) is 82.8 cm³/mol. The zero-order valence-electron chi connectivity index (χ0n) is 12.6. The van der Waals surface area contributed by atoms with Crippen LogP contribution in [0.5, 0.6) is 0 Å². The number of hydrogen-bond acceptors (Lipinski definition) is 6. The molecule has 2 rings (SSSR count). The van der Waals surface area contributed by atoms with E-state index in [1.807, 2.05) is 20.0 Å². The third-order valence-electron chi connectivity index (χ3n) is 3.13. The third-order valence-corrected chi connectivity index (χ3v) is 4.28. The lowest BCUT2D eigenvalue weighted by atomic mass is 10.1. The zero-order chi connectivity index (χ0) is 15.6. The van der Waals surface area contributed by atoms with Crippen molar-refractivity contribution in [2.45, 2.75) is 39.7 Å². The molecule has 0 saturated heterocycles. The highest BCUT2D eigenvalue weighted by molar-refractivity contribution is 7.11. The molecule has 1 N–H and O–H groups in total. The van der Waals surface area contributed by atoms with Crippen LogP contribution >= 0.6 is 11.3 Å². The van der Waals surface area contributed by atoms with Gasteiger partial charge in [-0.3, -0.25) is 10.1 Å². The van der Waals surface area contributed by atoms with Crippen LogP contribution in [0.3, 0.4) is 0 Å². The van der Waals surface area contributed by atoms with E-state index in [-0.39, 0.29) is 16.5 Å². The van der Waals surface area contributed by atoms with Crippen LogP contribution in [0, 0.1) is 10.1 Å². The summed E-state index contributed by atoms with van der Waals surface area (Å²) in [5, 5.41) is 19.6. The van der Waals surface area contributed by atoms with Crippen molar-refractivity contribution in [2.75, 3.05) is 5.32 Å². The molecule has 0 aliphatic rings. The van der Waals surface area contributed by atoms with E-state index >= 15 is 0 Å². The number of nitrogens with zero attached hydrogens (tertiary/aromatic N) is 4. The fourth-order valence-electron chi connectivity index (χ4n) is 2.05. The average molecular weight is 309 g/mol. The number of nitro groups is 1. The van der Waals surface area contributed by atoms with Crippen LogP contribution in [0.1, 0.15) is 42.3 Å². The largest absolute Gasteiger partial charge is 0.358 e. The van der Waals surface area contributed by atoms with E-state index in [1.165, 1.54) is 9.56 Å². The van der Waals surface area contributed by atoms with Gasteiger partial charge < -0.3 is 5.32 Å². The number of anilines is 1. The summed E-state index contributed by atoms with van der Waals surface area (Å²) in [4.78, 5) is 16.5. The molecule has 2 aromatic rings. The molecule has 0 unspecified atom stereocenters. The molecule has 8 heteroatoms. The van der Waals surface area contributed by atoms with Crippen LogP contribution in [0.15, 0.2) is 6.20 Å². The first-order valence-electron chi connectivity index (χ1n) is 6.82. The van der Waals surface area contributed by atoms with E-state index in [2.05, 4.69) is 22.3 Å². The first-order chi connectivity index (χ1) is 9.93.